The van der Waals surface area contributed by atoms with Crippen LogP contribution in [0.2, 0.25) is 0 Å². The van der Waals surface area contributed by atoms with Crippen molar-refractivity contribution >= 4 is 44.7 Å². The summed E-state index contributed by atoms with van der Waals surface area (Å²) in [5, 5.41) is 4.11. The molecule has 19 heavy (non-hydrogen) atoms. The third-order valence-corrected chi connectivity index (χ3v) is 3.70. The number of thiazole rings is 1. The second kappa shape index (κ2) is 4.91. The summed E-state index contributed by atoms with van der Waals surface area (Å²) in [5.41, 5.74) is 8.27. The molecular weight excluding hydrogens is 276 g/mol. The molecule has 0 spiro atoms. The van der Waals surface area contributed by atoms with Gasteiger partial charge in [-0.2, -0.15) is 0 Å². The van der Waals surface area contributed by atoms with Crippen LogP contribution in [-0.2, 0) is 0 Å². The van der Waals surface area contributed by atoms with Crippen molar-refractivity contribution in [2.24, 2.45) is 5.73 Å². The van der Waals surface area contributed by atoms with Gasteiger partial charge in [0.05, 0.1) is 0 Å². The van der Waals surface area contributed by atoms with Crippen LogP contribution in [0, 0.1) is 0 Å². The fourth-order valence-corrected chi connectivity index (χ4v) is 2.76. The molecule has 6 heteroatoms. The minimum Gasteiger partial charge on any atom is -0.376 e. The van der Waals surface area contributed by atoms with E-state index in [0.717, 1.165) is 26.6 Å². The third kappa shape index (κ3) is 2.54. The van der Waals surface area contributed by atoms with Crippen LogP contribution in [0.15, 0.2) is 42.6 Å². The number of nitrogens with one attached hydrogen (secondary N) is 1. The van der Waals surface area contributed by atoms with Crippen LogP contribution >= 0.6 is 23.6 Å². The van der Waals surface area contributed by atoms with Crippen LogP contribution < -0.4 is 11.1 Å². The van der Waals surface area contributed by atoms with Crippen molar-refractivity contribution in [3.8, 4) is 10.6 Å². The minimum atomic E-state index is 0.261. The van der Waals surface area contributed by atoms with Crippen molar-refractivity contribution in [1.82, 2.24) is 9.97 Å². The van der Waals surface area contributed by atoms with Crippen LogP contribution in [0.25, 0.3) is 20.9 Å². The molecule has 2 heterocycles. The Hall–Kier alpha value is -2.05. The van der Waals surface area contributed by atoms with Gasteiger partial charge in [-0.1, -0.05) is 11.3 Å². The van der Waals surface area contributed by atoms with E-state index in [2.05, 4.69) is 15.3 Å². The predicted octanol–water partition coefficient (Wildman–Crippen LogP) is 3.01. The Morgan fingerprint density at radius 3 is 2.68 bits per heavy atom. The van der Waals surface area contributed by atoms with Crippen LogP contribution in [0.1, 0.15) is 0 Å². The van der Waals surface area contributed by atoms with Gasteiger partial charge in [0.2, 0.25) is 0 Å². The topological polar surface area (TPSA) is 63.8 Å². The number of aromatic nitrogens is 2. The molecule has 0 saturated carbocycles. The number of hydrogen-bond acceptors (Lipinski definition) is 4. The van der Waals surface area contributed by atoms with E-state index in [1.165, 1.54) is 0 Å². The highest BCUT2D eigenvalue weighted by Crippen LogP contribution is 2.29. The number of pyridine rings is 1. The lowest BCUT2D eigenvalue weighted by Gasteiger charge is -2.03. The fraction of sp³-hybridized carbons (Fsp3) is 0. The van der Waals surface area contributed by atoms with E-state index < -0.39 is 0 Å². The van der Waals surface area contributed by atoms with Crippen molar-refractivity contribution in [3.05, 3.63) is 42.6 Å². The lowest BCUT2D eigenvalue weighted by molar-refractivity contribution is 1.40. The largest absolute Gasteiger partial charge is 0.376 e. The van der Waals surface area contributed by atoms with Gasteiger partial charge in [-0.3, -0.25) is 0 Å². The Balaban J connectivity index is 1.95. The maximum Gasteiger partial charge on any atom is 0.168 e. The molecule has 0 unspecified atom stereocenters. The number of rotatable bonds is 2. The summed E-state index contributed by atoms with van der Waals surface area (Å²) in [4.78, 5) is 9.80. The summed E-state index contributed by atoms with van der Waals surface area (Å²) in [6, 6.07) is 11.7. The maximum atomic E-state index is 5.43. The summed E-state index contributed by atoms with van der Waals surface area (Å²) in [6.45, 7) is 0. The van der Waals surface area contributed by atoms with Crippen LogP contribution in [0.4, 0.5) is 5.69 Å². The monoisotopic (exact) mass is 286 g/mol. The number of hydrogen-bond donors (Lipinski definition) is 2. The average molecular weight is 286 g/mol. The summed E-state index contributed by atoms with van der Waals surface area (Å²) in [5.74, 6) is 0. The molecule has 0 aliphatic carbocycles. The van der Waals surface area contributed by atoms with E-state index in [1.807, 2.05) is 36.4 Å². The van der Waals surface area contributed by atoms with Crippen molar-refractivity contribution < 1.29 is 0 Å². The second-order valence-electron chi connectivity index (χ2n) is 3.91. The number of fused-ring (bicyclic) bond motifs is 1. The first-order valence-corrected chi connectivity index (χ1v) is 6.83. The lowest BCUT2D eigenvalue weighted by atomic mass is 10.2. The van der Waals surface area contributed by atoms with Gasteiger partial charge >= 0.3 is 0 Å². The molecule has 0 fully saturated rings. The van der Waals surface area contributed by atoms with E-state index in [9.17, 15) is 0 Å². The first-order chi connectivity index (χ1) is 9.22. The summed E-state index contributed by atoms with van der Waals surface area (Å²) in [6.07, 6.45) is 1.78. The molecule has 94 valence electrons. The Morgan fingerprint density at radius 1 is 1.21 bits per heavy atom. The molecule has 2 aromatic heterocycles. The summed E-state index contributed by atoms with van der Waals surface area (Å²) >= 11 is 6.37. The minimum absolute atomic E-state index is 0.261. The molecule has 0 aliphatic rings. The van der Waals surface area contributed by atoms with Crippen LogP contribution in [0.3, 0.4) is 0 Å². The number of nitrogens with zero attached hydrogens (tertiary/aromatic N) is 2. The standard InChI is InChI=1S/C13H10N4S2/c14-13(18)16-9-5-3-8(4-6-9)11-17-10-2-1-7-15-12(10)19-11/h1-7H,(H3,14,16,18). The zero-order chi connectivity index (χ0) is 13.2. The molecule has 0 radical (unpaired) electrons. The molecule has 0 bridgehead atoms. The molecule has 0 aliphatic heterocycles. The van der Waals surface area contributed by atoms with E-state index in [1.54, 1.807) is 17.5 Å². The Labute approximate surface area is 119 Å². The number of thiocarbonyl (C=S) groups is 1. The number of benzene rings is 1. The Morgan fingerprint density at radius 2 is 2.00 bits per heavy atom. The van der Waals surface area contributed by atoms with Crippen molar-refractivity contribution in [3.63, 3.8) is 0 Å². The highest BCUT2D eigenvalue weighted by atomic mass is 32.1. The Bertz CT molecular complexity index is 701. The van der Waals surface area contributed by atoms with E-state index in [0.29, 0.717) is 0 Å². The molecule has 4 nitrogen and oxygen atoms in total. The predicted molar refractivity (Wildman–Crippen MR) is 83.3 cm³/mol. The highest BCUT2D eigenvalue weighted by molar-refractivity contribution is 7.80. The maximum absolute atomic E-state index is 5.43. The molecule has 1 aromatic carbocycles. The zero-order valence-corrected chi connectivity index (χ0v) is 11.5. The first kappa shape index (κ1) is 12.0. The lowest BCUT2D eigenvalue weighted by Crippen LogP contribution is -2.18. The molecule has 0 atom stereocenters. The zero-order valence-electron chi connectivity index (χ0n) is 9.83. The highest BCUT2D eigenvalue weighted by Gasteiger charge is 2.06. The van der Waals surface area contributed by atoms with Crippen molar-refractivity contribution in [1.29, 1.82) is 0 Å². The summed E-state index contributed by atoms with van der Waals surface area (Å²) in [7, 11) is 0. The number of nitrogens with two attached hydrogens (primary N) is 1. The average Bonchev–Trinajstić information content (AvgIpc) is 2.82. The van der Waals surface area contributed by atoms with Crippen molar-refractivity contribution in [2.75, 3.05) is 5.32 Å². The smallest absolute Gasteiger partial charge is 0.168 e. The molecular formula is C13H10N4S2. The fourth-order valence-electron chi connectivity index (χ4n) is 1.73. The van der Waals surface area contributed by atoms with E-state index in [-0.39, 0.29) is 5.11 Å². The van der Waals surface area contributed by atoms with Gasteiger partial charge in [0, 0.05) is 17.4 Å². The molecule has 0 saturated heterocycles. The Kier molecular flexibility index (Phi) is 3.10. The van der Waals surface area contributed by atoms with Gasteiger partial charge in [0.15, 0.2) is 5.11 Å². The molecule has 3 rings (SSSR count). The van der Waals surface area contributed by atoms with Gasteiger partial charge < -0.3 is 11.1 Å². The van der Waals surface area contributed by atoms with Gasteiger partial charge in [0.25, 0.3) is 0 Å². The van der Waals surface area contributed by atoms with Gasteiger partial charge in [0.1, 0.15) is 15.4 Å². The molecule has 3 aromatic rings. The van der Waals surface area contributed by atoms with E-state index in [4.69, 9.17) is 18.0 Å². The van der Waals surface area contributed by atoms with Gasteiger partial charge in [-0.05, 0) is 48.6 Å². The third-order valence-electron chi connectivity index (χ3n) is 2.57. The van der Waals surface area contributed by atoms with Gasteiger partial charge in [-0.15, -0.1) is 0 Å². The normalized spacial score (nSPS) is 10.5. The van der Waals surface area contributed by atoms with Crippen LogP contribution in [-0.4, -0.2) is 15.1 Å². The summed E-state index contributed by atoms with van der Waals surface area (Å²) < 4.78 is 0. The van der Waals surface area contributed by atoms with Crippen LogP contribution in [0.5, 0.6) is 0 Å². The van der Waals surface area contributed by atoms with Crippen molar-refractivity contribution in [2.45, 2.75) is 0 Å². The first-order valence-electron chi connectivity index (χ1n) is 5.61. The SMILES string of the molecule is NC(=S)Nc1ccc(-c2nc3cccnc3s2)cc1. The molecule has 0 amide bonds. The number of anilines is 1. The second-order valence-corrected chi connectivity index (χ2v) is 5.33. The molecule has 3 N–H and O–H groups in total. The van der Waals surface area contributed by atoms with Gasteiger partial charge in [-0.25, -0.2) is 9.97 Å². The van der Waals surface area contributed by atoms with E-state index >= 15 is 0 Å². The quantitative estimate of drug-likeness (QED) is 0.709.